The lowest BCUT2D eigenvalue weighted by Gasteiger charge is -2.31. The van der Waals surface area contributed by atoms with Gasteiger partial charge in [-0.25, -0.2) is 14.8 Å². The Kier molecular flexibility index (Phi) is 13.9. The number of anilines is 3. The van der Waals surface area contributed by atoms with Crippen LogP contribution in [0.4, 0.5) is 22.1 Å². The molecule has 2 saturated carbocycles. The van der Waals surface area contributed by atoms with Crippen molar-refractivity contribution >= 4 is 45.5 Å². The van der Waals surface area contributed by atoms with Crippen molar-refractivity contribution in [1.82, 2.24) is 35.2 Å². The molecule has 2 aliphatic carbocycles. The standard InChI is InChI=1S/C23H28N6O.C22H30N4O3/c1-6-26-23(27-7-1)28-19-4-2-17(3-5-19)14-18-15-20(29-10-12-30-13-11-29)16-21-22(18)25-9-8-24-21;1-2-29-22(27)25-18-5-3-16(4-6-18)13-17-14-19(26-9-11-28-12-10-26)15-20-21(17)24-8-7-23-20/h1,6-9,15-17,19H,2-5,10-14H2,(H,26,27,28);7-8,14-16,18H,2-6,9-13H2,1H3,(H,25,27). The number of nitrogens with zero attached hydrogens (tertiary/aromatic N) is 8. The first kappa shape index (κ1) is 40.6. The van der Waals surface area contributed by atoms with Crippen LogP contribution in [0.25, 0.3) is 22.1 Å². The number of hydrogen-bond acceptors (Lipinski definition) is 13. The molecule has 5 aromatic rings. The topological polar surface area (TPSA) is 153 Å². The second-order valence-corrected chi connectivity index (χ2v) is 16.2. The molecule has 14 nitrogen and oxygen atoms in total. The van der Waals surface area contributed by atoms with E-state index in [0.29, 0.717) is 24.5 Å². The number of hydrogen-bond donors (Lipinski definition) is 2. The van der Waals surface area contributed by atoms with Gasteiger partial charge in [-0.2, -0.15) is 0 Å². The van der Waals surface area contributed by atoms with E-state index in [9.17, 15) is 4.79 Å². The highest BCUT2D eigenvalue weighted by Crippen LogP contribution is 2.34. The number of benzene rings is 2. The Morgan fingerprint density at radius 2 is 1.10 bits per heavy atom. The summed E-state index contributed by atoms with van der Waals surface area (Å²) >= 11 is 0. The summed E-state index contributed by atoms with van der Waals surface area (Å²) in [5.41, 5.74) is 9.08. The molecule has 312 valence electrons. The van der Waals surface area contributed by atoms with E-state index in [1.165, 1.54) is 35.3 Å². The van der Waals surface area contributed by atoms with Gasteiger partial charge in [0.2, 0.25) is 5.95 Å². The molecule has 1 amide bonds. The van der Waals surface area contributed by atoms with Crippen molar-refractivity contribution in [3.63, 3.8) is 0 Å². The van der Waals surface area contributed by atoms with Crippen LogP contribution in [0.3, 0.4) is 0 Å². The maximum atomic E-state index is 11.7. The smallest absolute Gasteiger partial charge is 0.407 e. The van der Waals surface area contributed by atoms with E-state index >= 15 is 0 Å². The predicted octanol–water partition coefficient (Wildman–Crippen LogP) is 6.78. The van der Waals surface area contributed by atoms with Crippen LogP contribution in [-0.2, 0) is 27.1 Å². The average Bonchev–Trinajstić information content (AvgIpc) is 3.29. The first-order valence-electron chi connectivity index (χ1n) is 21.7. The number of alkyl carbamates (subject to hydrolysis) is 1. The molecule has 2 aromatic carbocycles. The Bertz CT molecular complexity index is 2100. The Balaban J connectivity index is 0.000000164. The van der Waals surface area contributed by atoms with E-state index in [1.807, 2.05) is 13.0 Å². The Morgan fingerprint density at radius 1 is 0.627 bits per heavy atom. The maximum absolute atomic E-state index is 11.7. The predicted molar refractivity (Wildman–Crippen MR) is 230 cm³/mol. The van der Waals surface area contributed by atoms with Gasteiger partial charge in [-0.05, 0) is 124 Å². The molecule has 2 aliphatic heterocycles. The second kappa shape index (κ2) is 20.2. The van der Waals surface area contributed by atoms with E-state index < -0.39 is 0 Å². The number of fused-ring (bicyclic) bond motifs is 2. The van der Waals surface area contributed by atoms with Crippen LogP contribution < -0.4 is 20.4 Å². The first-order valence-corrected chi connectivity index (χ1v) is 21.7. The molecule has 0 atom stereocenters. The minimum atomic E-state index is -0.296. The molecule has 0 spiro atoms. The highest BCUT2D eigenvalue weighted by atomic mass is 16.5. The largest absolute Gasteiger partial charge is 0.450 e. The summed E-state index contributed by atoms with van der Waals surface area (Å²) in [6.07, 6.45) is 21.4. The molecular formula is C45H58N10O4. The summed E-state index contributed by atoms with van der Waals surface area (Å²) in [6, 6.07) is 11.5. The second-order valence-electron chi connectivity index (χ2n) is 16.2. The van der Waals surface area contributed by atoms with Crippen molar-refractivity contribution in [3.05, 3.63) is 78.6 Å². The average molecular weight is 803 g/mol. The van der Waals surface area contributed by atoms with E-state index in [2.05, 4.69) is 74.6 Å². The van der Waals surface area contributed by atoms with Gasteiger partial charge in [-0.15, -0.1) is 0 Å². The quantitative estimate of drug-likeness (QED) is 0.153. The van der Waals surface area contributed by atoms with Gasteiger partial charge in [0.15, 0.2) is 0 Å². The normalized spacial score (nSPS) is 22.3. The molecule has 0 unspecified atom stereocenters. The van der Waals surface area contributed by atoms with Crippen molar-refractivity contribution in [2.45, 2.75) is 83.2 Å². The van der Waals surface area contributed by atoms with Gasteiger partial charge < -0.3 is 34.6 Å². The molecule has 2 N–H and O–H groups in total. The fraction of sp³-hybridized carbons (Fsp3) is 0.533. The number of aromatic nitrogens is 6. The van der Waals surface area contributed by atoms with E-state index in [4.69, 9.17) is 14.2 Å². The van der Waals surface area contributed by atoms with Crippen molar-refractivity contribution in [2.75, 3.05) is 74.3 Å². The number of carbonyl (C=O) groups excluding carboxylic acids is 1. The minimum Gasteiger partial charge on any atom is -0.450 e. The van der Waals surface area contributed by atoms with Crippen LogP contribution in [0.5, 0.6) is 0 Å². The highest BCUT2D eigenvalue weighted by Gasteiger charge is 2.26. The van der Waals surface area contributed by atoms with Crippen LogP contribution in [-0.4, -0.2) is 107 Å². The summed E-state index contributed by atoms with van der Waals surface area (Å²) in [5, 5.41) is 6.47. The molecule has 2 saturated heterocycles. The summed E-state index contributed by atoms with van der Waals surface area (Å²) in [5.74, 6) is 2.01. The fourth-order valence-corrected chi connectivity index (χ4v) is 9.12. The molecule has 4 aliphatic rings. The van der Waals surface area contributed by atoms with Crippen LogP contribution in [0.2, 0.25) is 0 Å². The van der Waals surface area contributed by atoms with Crippen LogP contribution in [0, 0.1) is 11.8 Å². The van der Waals surface area contributed by atoms with Crippen molar-refractivity contribution in [3.8, 4) is 0 Å². The zero-order valence-electron chi connectivity index (χ0n) is 34.3. The third-order valence-corrected chi connectivity index (χ3v) is 12.2. The van der Waals surface area contributed by atoms with Gasteiger partial charge in [-0.3, -0.25) is 19.9 Å². The third-order valence-electron chi connectivity index (χ3n) is 12.2. The monoisotopic (exact) mass is 802 g/mol. The van der Waals surface area contributed by atoms with Crippen molar-refractivity contribution in [2.24, 2.45) is 11.8 Å². The Morgan fingerprint density at radius 3 is 1.59 bits per heavy atom. The third kappa shape index (κ3) is 10.9. The molecule has 3 aromatic heterocycles. The van der Waals surface area contributed by atoms with Gasteiger partial charge in [0, 0.05) is 86.8 Å². The van der Waals surface area contributed by atoms with Gasteiger partial charge in [0.05, 0.1) is 55.1 Å². The molecule has 4 fully saturated rings. The molecule has 59 heavy (non-hydrogen) atoms. The zero-order chi connectivity index (χ0) is 40.2. The van der Waals surface area contributed by atoms with Crippen molar-refractivity contribution in [1.29, 1.82) is 0 Å². The number of rotatable bonds is 10. The lowest BCUT2D eigenvalue weighted by atomic mass is 9.82. The molecule has 0 radical (unpaired) electrons. The summed E-state index contributed by atoms with van der Waals surface area (Å²) in [4.78, 5) is 43.5. The van der Waals surface area contributed by atoms with Crippen LogP contribution >= 0.6 is 0 Å². The number of amides is 1. The summed E-state index contributed by atoms with van der Waals surface area (Å²) in [7, 11) is 0. The van der Waals surface area contributed by atoms with Crippen LogP contribution in [0.15, 0.2) is 67.5 Å². The van der Waals surface area contributed by atoms with Crippen LogP contribution in [0.1, 0.15) is 69.4 Å². The molecule has 9 rings (SSSR count). The summed E-state index contributed by atoms with van der Waals surface area (Å²) < 4.78 is 16.0. The lowest BCUT2D eigenvalue weighted by Crippen LogP contribution is -2.38. The Labute approximate surface area is 346 Å². The molecular weight excluding hydrogens is 745 g/mol. The number of morpholine rings is 2. The Hall–Kier alpha value is -5.21. The minimum absolute atomic E-state index is 0.224. The van der Waals surface area contributed by atoms with Crippen molar-refractivity contribution < 1.29 is 19.0 Å². The number of ether oxygens (including phenoxy) is 3. The molecule has 0 bridgehead atoms. The number of carbonyl (C=O) groups is 1. The SMILES string of the molecule is CCOC(=O)NC1CCC(Cc2cc(N3CCOCC3)cc3nccnc23)CC1.c1cnc(NC2CCC(Cc3cc(N4CCOCC4)cc4nccnc34)CC2)nc1. The van der Waals surface area contributed by atoms with Gasteiger partial charge in [0.1, 0.15) is 0 Å². The first-order chi connectivity index (χ1) is 29.1. The highest BCUT2D eigenvalue weighted by molar-refractivity contribution is 5.83. The van der Waals surface area contributed by atoms with E-state index in [0.717, 1.165) is 132 Å². The van der Waals surface area contributed by atoms with Gasteiger partial charge in [0.25, 0.3) is 0 Å². The fourth-order valence-electron chi connectivity index (χ4n) is 9.12. The molecule has 14 heteroatoms. The maximum Gasteiger partial charge on any atom is 0.407 e. The van der Waals surface area contributed by atoms with Gasteiger partial charge in [-0.1, -0.05) is 0 Å². The van der Waals surface area contributed by atoms with Gasteiger partial charge >= 0.3 is 6.09 Å². The van der Waals surface area contributed by atoms with E-state index in [1.54, 1.807) is 37.2 Å². The lowest BCUT2D eigenvalue weighted by molar-refractivity contribution is 0.122. The van der Waals surface area contributed by atoms with E-state index in [-0.39, 0.29) is 12.1 Å². The zero-order valence-corrected chi connectivity index (χ0v) is 34.3. The molecule has 5 heterocycles. The number of nitrogens with one attached hydrogen (secondary N) is 2. The summed E-state index contributed by atoms with van der Waals surface area (Å²) in [6.45, 7) is 9.05.